The largest absolute Gasteiger partial charge is 0.481 e. The third kappa shape index (κ3) is 4.49. The van der Waals surface area contributed by atoms with Crippen LogP contribution in [-0.2, 0) is 19.1 Å². The van der Waals surface area contributed by atoms with Crippen molar-refractivity contribution in [3.05, 3.63) is 11.6 Å². The Morgan fingerprint density at radius 2 is 1.52 bits per heavy atom. The van der Waals surface area contributed by atoms with Gasteiger partial charge >= 0.3 is 11.9 Å². The lowest BCUT2D eigenvalue weighted by molar-refractivity contribution is -0.330. The molecule has 1 saturated heterocycles. The molecule has 6 aliphatic rings. The monoisotopic (exact) mass is 648 g/mol. The average Bonchev–Trinajstić information content (AvgIpc) is 2.97. The number of aliphatic hydroxyl groups is 4. The molecule has 13 unspecified atom stereocenters. The molecule has 5 fully saturated rings. The van der Waals surface area contributed by atoms with Gasteiger partial charge in [0.25, 0.3) is 0 Å². The first kappa shape index (κ1) is 34.3. The fourth-order valence-electron chi connectivity index (χ4n) is 12.3. The normalized spacial score (nSPS) is 51.0. The molecule has 4 saturated carbocycles. The summed E-state index contributed by atoms with van der Waals surface area (Å²) in [5.74, 6) is -1.65. The quantitative estimate of drug-likeness (QED) is 0.188. The fourth-order valence-corrected chi connectivity index (χ4v) is 12.3. The first-order chi connectivity index (χ1) is 21.3. The van der Waals surface area contributed by atoms with Crippen molar-refractivity contribution in [1.29, 1.82) is 0 Å². The van der Waals surface area contributed by atoms with Gasteiger partial charge in [0.15, 0.2) is 6.29 Å². The molecule has 0 bridgehead atoms. The summed E-state index contributed by atoms with van der Waals surface area (Å²) in [6, 6.07) is 0. The molecule has 0 amide bonds. The Bertz CT molecular complexity index is 1280. The van der Waals surface area contributed by atoms with Crippen LogP contribution in [0, 0.1) is 50.2 Å². The molecule has 5 aliphatic carbocycles. The number of aliphatic hydroxyl groups excluding tert-OH is 4. The summed E-state index contributed by atoms with van der Waals surface area (Å²) in [5.41, 5.74) is -2.38. The molecule has 0 aromatic heterocycles. The van der Waals surface area contributed by atoms with Crippen molar-refractivity contribution >= 4 is 11.9 Å². The zero-order valence-electron chi connectivity index (χ0n) is 28.4. The van der Waals surface area contributed by atoms with Crippen LogP contribution in [0.1, 0.15) is 106 Å². The number of carboxylic acids is 2. The highest BCUT2D eigenvalue weighted by Crippen LogP contribution is 2.76. The Hall–Kier alpha value is -1.56. The SMILES string of the molecule is CC1(C)CCC2(C(=O)O)CCC3(C(=O)O)C(=CCC4C5(C)CCC(OC6OC(CO)C(O)C(O)C6O)C(C)(C)C5CCC43C)C2C1. The molecule has 1 aliphatic heterocycles. The molecular weight excluding hydrogens is 592 g/mol. The first-order valence-electron chi connectivity index (χ1n) is 17.5. The van der Waals surface area contributed by atoms with Crippen molar-refractivity contribution < 1.29 is 49.7 Å². The lowest BCUT2D eigenvalue weighted by atomic mass is 9.33. The summed E-state index contributed by atoms with van der Waals surface area (Å²) in [4.78, 5) is 26.7. The maximum absolute atomic E-state index is 13.8. The molecular formula is C36H56O10. The van der Waals surface area contributed by atoms with Gasteiger partial charge in [-0.15, -0.1) is 0 Å². The number of carbonyl (C=O) groups is 2. The molecule has 10 heteroatoms. The van der Waals surface area contributed by atoms with E-state index >= 15 is 0 Å². The van der Waals surface area contributed by atoms with E-state index in [-0.39, 0.29) is 34.7 Å². The van der Waals surface area contributed by atoms with Gasteiger partial charge in [0.05, 0.1) is 23.5 Å². The van der Waals surface area contributed by atoms with Crippen LogP contribution in [0.15, 0.2) is 11.6 Å². The maximum atomic E-state index is 13.8. The van der Waals surface area contributed by atoms with E-state index in [9.17, 15) is 40.2 Å². The van der Waals surface area contributed by atoms with E-state index in [4.69, 9.17) is 9.47 Å². The Kier molecular flexibility index (Phi) is 8.18. The molecule has 0 spiro atoms. The number of carboxylic acid groups (broad SMARTS) is 2. The minimum absolute atomic E-state index is 0.0587. The van der Waals surface area contributed by atoms with Gasteiger partial charge in [-0.25, -0.2) is 0 Å². The minimum Gasteiger partial charge on any atom is -0.481 e. The third-order valence-corrected chi connectivity index (χ3v) is 15.0. The lowest BCUT2D eigenvalue weighted by Crippen LogP contribution is -2.68. The van der Waals surface area contributed by atoms with Gasteiger partial charge in [-0.3, -0.25) is 9.59 Å². The van der Waals surface area contributed by atoms with E-state index in [0.29, 0.717) is 38.5 Å². The van der Waals surface area contributed by atoms with Gasteiger partial charge in [-0.1, -0.05) is 53.2 Å². The summed E-state index contributed by atoms with van der Waals surface area (Å²) >= 11 is 0. The number of aliphatic carboxylic acids is 2. The van der Waals surface area contributed by atoms with E-state index < -0.39 is 70.9 Å². The van der Waals surface area contributed by atoms with Gasteiger partial charge in [-0.05, 0) is 104 Å². The number of hydrogen-bond acceptors (Lipinski definition) is 8. The van der Waals surface area contributed by atoms with E-state index in [0.717, 1.165) is 31.3 Å². The zero-order chi connectivity index (χ0) is 33.8. The molecule has 6 rings (SSSR count). The summed E-state index contributed by atoms with van der Waals surface area (Å²) in [6.45, 7) is 12.7. The van der Waals surface area contributed by atoms with Gasteiger partial charge in [0, 0.05) is 0 Å². The Labute approximate surface area is 272 Å². The summed E-state index contributed by atoms with van der Waals surface area (Å²) in [6.07, 6.45) is 1.58. The Morgan fingerprint density at radius 1 is 0.848 bits per heavy atom. The molecule has 260 valence electrons. The van der Waals surface area contributed by atoms with Gasteiger partial charge < -0.3 is 40.1 Å². The number of allylic oxidation sites excluding steroid dienone is 1. The van der Waals surface area contributed by atoms with E-state index in [2.05, 4.69) is 47.6 Å². The second kappa shape index (κ2) is 11.0. The van der Waals surface area contributed by atoms with Crippen LogP contribution in [0.2, 0.25) is 0 Å². The van der Waals surface area contributed by atoms with Crippen LogP contribution in [-0.4, -0.2) is 86.0 Å². The molecule has 1 heterocycles. The smallest absolute Gasteiger partial charge is 0.314 e. The summed E-state index contributed by atoms with van der Waals surface area (Å²) in [7, 11) is 0. The van der Waals surface area contributed by atoms with Gasteiger partial charge in [0.1, 0.15) is 24.4 Å². The molecule has 46 heavy (non-hydrogen) atoms. The molecule has 0 radical (unpaired) electrons. The number of rotatable bonds is 5. The van der Waals surface area contributed by atoms with Gasteiger partial charge in [-0.2, -0.15) is 0 Å². The second-order valence-corrected chi connectivity index (χ2v) is 17.7. The van der Waals surface area contributed by atoms with Crippen LogP contribution < -0.4 is 0 Å². The second-order valence-electron chi connectivity index (χ2n) is 17.7. The highest BCUT2D eigenvalue weighted by Gasteiger charge is 2.73. The maximum Gasteiger partial charge on any atom is 0.314 e. The van der Waals surface area contributed by atoms with Gasteiger partial charge in [0.2, 0.25) is 0 Å². The van der Waals surface area contributed by atoms with Crippen molar-refractivity contribution in [2.45, 2.75) is 143 Å². The number of fused-ring (bicyclic) bond motifs is 7. The van der Waals surface area contributed by atoms with E-state index in [1.54, 1.807) is 0 Å². The van der Waals surface area contributed by atoms with Crippen LogP contribution in [0.3, 0.4) is 0 Å². The summed E-state index contributed by atoms with van der Waals surface area (Å²) in [5, 5.41) is 62.9. The zero-order valence-corrected chi connectivity index (χ0v) is 28.4. The fraction of sp³-hybridized carbons (Fsp3) is 0.889. The number of ether oxygens (including phenoxy) is 2. The number of hydrogen-bond donors (Lipinski definition) is 6. The highest BCUT2D eigenvalue weighted by atomic mass is 16.7. The third-order valence-electron chi connectivity index (χ3n) is 15.0. The van der Waals surface area contributed by atoms with Crippen molar-refractivity contribution in [1.82, 2.24) is 0 Å². The standard InChI is InChI=1S/C36H56O10/c1-31(2)13-14-35(29(41)42)15-16-36(30(43)44)19(20(35)17-31)7-8-23-33(5)11-10-24(32(3,4)22(33)9-12-34(23,36)6)46-28-27(40)26(39)25(38)21(18-37)45-28/h7,20-28,37-40H,8-18H2,1-6H3,(H,41,42)(H,43,44). The predicted molar refractivity (Wildman–Crippen MR) is 167 cm³/mol. The summed E-state index contributed by atoms with van der Waals surface area (Å²) < 4.78 is 12.1. The van der Waals surface area contributed by atoms with E-state index in [1.807, 2.05) is 0 Å². The molecule has 6 N–H and O–H groups in total. The molecule has 13 atom stereocenters. The van der Waals surface area contributed by atoms with Crippen molar-refractivity contribution in [3.8, 4) is 0 Å². The van der Waals surface area contributed by atoms with Crippen molar-refractivity contribution in [3.63, 3.8) is 0 Å². The van der Waals surface area contributed by atoms with Crippen LogP contribution >= 0.6 is 0 Å². The first-order valence-corrected chi connectivity index (χ1v) is 17.5. The highest BCUT2D eigenvalue weighted by molar-refractivity contribution is 5.84. The van der Waals surface area contributed by atoms with Crippen molar-refractivity contribution in [2.24, 2.45) is 50.2 Å². The molecule has 0 aromatic rings. The van der Waals surface area contributed by atoms with Crippen LogP contribution in [0.5, 0.6) is 0 Å². The Balaban J connectivity index is 1.34. The van der Waals surface area contributed by atoms with Crippen LogP contribution in [0.25, 0.3) is 0 Å². The lowest BCUT2D eigenvalue weighted by Gasteiger charge is -2.70. The Morgan fingerprint density at radius 3 is 2.15 bits per heavy atom. The van der Waals surface area contributed by atoms with Crippen LogP contribution in [0.4, 0.5) is 0 Å². The van der Waals surface area contributed by atoms with E-state index in [1.165, 1.54) is 0 Å². The molecule has 0 aromatic carbocycles. The average molecular weight is 649 g/mol. The van der Waals surface area contributed by atoms with Crippen molar-refractivity contribution in [2.75, 3.05) is 6.61 Å². The predicted octanol–water partition coefficient (Wildman–Crippen LogP) is 4.12. The topological polar surface area (TPSA) is 174 Å². The molecule has 10 nitrogen and oxygen atoms in total. The minimum atomic E-state index is -1.51.